The van der Waals surface area contributed by atoms with Crippen molar-refractivity contribution in [2.75, 3.05) is 19.7 Å². The zero-order valence-electron chi connectivity index (χ0n) is 37.1. The van der Waals surface area contributed by atoms with Crippen LogP contribution in [-0.4, -0.2) is 101 Å². The number of carbonyl (C=O) groups is 6. The summed E-state index contributed by atoms with van der Waals surface area (Å²) in [5, 5.41) is 8.71. The zero-order valence-corrected chi connectivity index (χ0v) is 37.1. The molecule has 5 amide bonds. The molecule has 6 rings (SSSR count). The molecule has 3 aromatic carbocycles. The molecule has 2 fully saturated rings. The van der Waals surface area contributed by atoms with Gasteiger partial charge in [0, 0.05) is 25.4 Å². The predicted molar refractivity (Wildman–Crippen MR) is 236 cm³/mol. The first-order chi connectivity index (χ1) is 29.5. The van der Waals surface area contributed by atoms with Gasteiger partial charge in [-0.2, -0.15) is 0 Å². The van der Waals surface area contributed by atoms with Crippen LogP contribution >= 0.6 is 0 Å². The number of nitrogens with one attached hydrogen (secondary N) is 3. The largest absolute Gasteiger partial charge is 0.458 e. The second-order valence-corrected chi connectivity index (χ2v) is 18.6. The molecule has 2 heterocycles. The smallest absolute Gasteiger partial charge is 0.410 e. The molecule has 3 N–H and O–H groups in total. The maximum atomic E-state index is 14.3. The molecule has 0 radical (unpaired) electrons. The number of likely N-dealkylation sites (tertiary alicyclic amines) is 2. The van der Waals surface area contributed by atoms with E-state index in [1.807, 2.05) is 80.6 Å². The van der Waals surface area contributed by atoms with Crippen molar-refractivity contribution < 1.29 is 38.2 Å². The minimum absolute atomic E-state index is 0.0213. The number of rotatable bonds is 15. The van der Waals surface area contributed by atoms with Crippen LogP contribution in [0, 0.1) is 11.8 Å². The van der Waals surface area contributed by atoms with Crippen LogP contribution in [0.1, 0.15) is 103 Å². The van der Waals surface area contributed by atoms with E-state index in [9.17, 15) is 28.8 Å². The van der Waals surface area contributed by atoms with Gasteiger partial charge in [-0.25, -0.2) is 9.59 Å². The highest BCUT2D eigenvalue weighted by Crippen LogP contribution is 2.44. The van der Waals surface area contributed by atoms with Crippen LogP contribution in [0.5, 0.6) is 0 Å². The van der Waals surface area contributed by atoms with Gasteiger partial charge in [0.05, 0.1) is 0 Å². The van der Waals surface area contributed by atoms with E-state index in [2.05, 4.69) is 28.1 Å². The summed E-state index contributed by atoms with van der Waals surface area (Å²) in [5.74, 6) is -3.00. The van der Waals surface area contributed by atoms with Crippen molar-refractivity contribution in [1.29, 1.82) is 0 Å². The van der Waals surface area contributed by atoms with Crippen molar-refractivity contribution in [3.05, 3.63) is 95.6 Å². The predicted octanol–water partition coefficient (Wildman–Crippen LogP) is 6.13. The van der Waals surface area contributed by atoms with Crippen LogP contribution in [0.3, 0.4) is 0 Å². The molecular formula is C49H63N5O8. The van der Waals surface area contributed by atoms with E-state index in [4.69, 9.17) is 9.47 Å². The van der Waals surface area contributed by atoms with Crippen molar-refractivity contribution in [3.63, 3.8) is 0 Å². The summed E-state index contributed by atoms with van der Waals surface area (Å²) >= 11 is 0. The normalized spacial score (nSPS) is 18.7. The minimum atomic E-state index is -1.10. The highest BCUT2D eigenvalue weighted by atomic mass is 16.6. The van der Waals surface area contributed by atoms with Crippen molar-refractivity contribution in [2.24, 2.45) is 11.8 Å². The summed E-state index contributed by atoms with van der Waals surface area (Å²) < 4.78 is 11.6. The van der Waals surface area contributed by atoms with Gasteiger partial charge in [0.15, 0.2) is 0 Å². The monoisotopic (exact) mass is 849 g/mol. The molecular weight excluding hydrogens is 787 g/mol. The topological polar surface area (TPSA) is 163 Å². The fraction of sp³-hybridized carbons (Fsp3) is 0.510. The number of benzene rings is 3. The average molecular weight is 850 g/mol. The maximum absolute atomic E-state index is 14.3. The number of hydrogen-bond acceptors (Lipinski definition) is 8. The number of hydrogen-bond donors (Lipinski definition) is 3. The summed E-state index contributed by atoms with van der Waals surface area (Å²) in [6.07, 6.45) is 1.91. The van der Waals surface area contributed by atoms with Gasteiger partial charge in [0.1, 0.15) is 42.4 Å². The number of ether oxygens (including phenoxy) is 2. The fourth-order valence-corrected chi connectivity index (χ4v) is 8.85. The molecule has 13 nitrogen and oxygen atoms in total. The van der Waals surface area contributed by atoms with E-state index in [-0.39, 0.29) is 30.8 Å². The van der Waals surface area contributed by atoms with Gasteiger partial charge >= 0.3 is 12.1 Å². The fourth-order valence-electron chi connectivity index (χ4n) is 8.85. The van der Waals surface area contributed by atoms with Crippen LogP contribution in [-0.2, 0) is 39.9 Å². The summed E-state index contributed by atoms with van der Waals surface area (Å²) in [7, 11) is 0. The van der Waals surface area contributed by atoms with E-state index in [0.29, 0.717) is 45.2 Å². The molecule has 13 heteroatoms. The minimum Gasteiger partial charge on any atom is -0.458 e. The van der Waals surface area contributed by atoms with Crippen molar-refractivity contribution in [1.82, 2.24) is 25.8 Å². The van der Waals surface area contributed by atoms with E-state index in [1.165, 1.54) is 9.80 Å². The Morgan fingerprint density at radius 1 is 0.694 bits per heavy atom. The third-order valence-electron chi connectivity index (χ3n) is 11.8. The van der Waals surface area contributed by atoms with Crippen molar-refractivity contribution in [2.45, 2.75) is 129 Å². The highest BCUT2D eigenvalue weighted by molar-refractivity contribution is 5.96. The quantitative estimate of drug-likeness (QED) is 0.154. The number of carbonyl (C=O) groups excluding carboxylic acids is 6. The molecule has 1 aliphatic carbocycles. The number of nitrogens with zero attached hydrogens (tertiary/aromatic N) is 2. The standard InChI is InChI=1S/C49H63N5O8/c1-30(2)27-39(46(58)53-25-16-24-41(53)47(59)62-49(5,6)7)51-45(57)42(31(3)4)52-43(55)38(28-32-17-9-8-10-18-32)50-44(56)40-23-15-26-54(40)48(60)61-29-37-35-21-13-11-19-33(35)34-20-12-14-22-36(34)37/h8-14,17-22,30-31,37-42H,15-16,23-29H2,1-7H3,(H,50,56)(H,51,57)(H,52,55)/t38-,39-,40-,41-,42-/m0/s1. The summed E-state index contributed by atoms with van der Waals surface area (Å²) in [6, 6.07) is 20.7. The van der Waals surface area contributed by atoms with E-state index in [0.717, 1.165) is 27.8 Å². The van der Waals surface area contributed by atoms with Gasteiger partial charge in [-0.1, -0.05) is 107 Å². The van der Waals surface area contributed by atoms with Gasteiger partial charge in [0.2, 0.25) is 23.6 Å². The van der Waals surface area contributed by atoms with E-state index in [1.54, 1.807) is 34.6 Å². The molecule has 0 aromatic heterocycles. The lowest BCUT2D eigenvalue weighted by atomic mass is 9.98. The van der Waals surface area contributed by atoms with E-state index >= 15 is 0 Å². The average Bonchev–Trinajstić information content (AvgIpc) is 3.99. The Balaban J connectivity index is 1.13. The molecule has 0 spiro atoms. The molecule has 5 atom stereocenters. The van der Waals surface area contributed by atoms with Gasteiger partial charge < -0.3 is 30.3 Å². The zero-order chi connectivity index (χ0) is 44.7. The number of fused-ring (bicyclic) bond motifs is 3. The van der Waals surface area contributed by atoms with Crippen LogP contribution in [0.25, 0.3) is 11.1 Å². The Morgan fingerprint density at radius 2 is 1.27 bits per heavy atom. The number of amides is 5. The van der Waals surface area contributed by atoms with Crippen LogP contribution in [0.4, 0.5) is 4.79 Å². The highest BCUT2D eigenvalue weighted by Gasteiger charge is 2.42. The molecule has 0 bridgehead atoms. The van der Waals surface area contributed by atoms with Gasteiger partial charge in [0.25, 0.3) is 0 Å². The Bertz CT molecular complexity index is 2050. The molecule has 332 valence electrons. The third kappa shape index (κ3) is 11.0. The third-order valence-corrected chi connectivity index (χ3v) is 11.8. The molecule has 62 heavy (non-hydrogen) atoms. The molecule has 0 saturated carbocycles. The second kappa shape index (κ2) is 20.0. The van der Waals surface area contributed by atoms with E-state index < -0.39 is 71.5 Å². The molecule has 2 saturated heterocycles. The second-order valence-electron chi connectivity index (χ2n) is 18.6. The van der Waals surface area contributed by atoms with Gasteiger partial charge in [-0.3, -0.25) is 24.1 Å². The molecule has 2 aliphatic heterocycles. The first-order valence-corrected chi connectivity index (χ1v) is 22.1. The Kier molecular flexibility index (Phi) is 14.8. The van der Waals surface area contributed by atoms with Crippen LogP contribution in [0.15, 0.2) is 78.9 Å². The SMILES string of the molecule is CC(C)C[C@H](NC(=O)[C@@H](NC(=O)[C@H](Cc1ccccc1)NC(=O)[C@@H]1CCCN1C(=O)OCC1c2ccccc2-c2ccccc21)C(C)C)C(=O)N1CCC[C@H]1C(=O)OC(C)(C)C. The number of esters is 1. The lowest BCUT2D eigenvalue weighted by Gasteiger charge is -2.32. The van der Waals surface area contributed by atoms with Crippen LogP contribution < -0.4 is 16.0 Å². The molecule has 0 unspecified atom stereocenters. The summed E-state index contributed by atoms with van der Waals surface area (Å²) in [6.45, 7) is 13.6. The van der Waals surface area contributed by atoms with Gasteiger partial charge in [-0.15, -0.1) is 0 Å². The summed E-state index contributed by atoms with van der Waals surface area (Å²) in [4.78, 5) is 86.3. The maximum Gasteiger partial charge on any atom is 0.410 e. The molecule has 3 aliphatic rings. The Labute approximate surface area is 365 Å². The Hall–Kier alpha value is -5.72. The van der Waals surface area contributed by atoms with Crippen molar-refractivity contribution in [3.8, 4) is 11.1 Å². The Morgan fingerprint density at radius 3 is 1.87 bits per heavy atom. The van der Waals surface area contributed by atoms with Gasteiger partial charge in [-0.05, 0) is 92.5 Å². The van der Waals surface area contributed by atoms with Crippen molar-refractivity contribution >= 4 is 35.7 Å². The first kappa shape index (κ1) is 45.8. The first-order valence-electron chi connectivity index (χ1n) is 22.1. The molecule has 3 aromatic rings. The van der Waals surface area contributed by atoms with Crippen LogP contribution in [0.2, 0.25) is 0 Å². The lowest BCUT2D eigenvalue weighted by molar-refractivity contribution is -0.163. The lowest BCUT2D eigenvalue weighted by Crippen LogP contribution is -2.60. The summed E-state index contributed by atoms with van der Waals surface area (Å²) in [5.41, 5.74) is 4.45.